The molecule has 2 heterocycles. The lowest BCUT2D eigenvalue weighted by atomic mass is 9.78. The third-order valence-corrected chi connectivity index (χ3v) is 7.55. The maximum absolute atomic E-state index is 13.2. The average molecular weight is 389 g/mol. The van der Waals surface area contributed by atoms with Gasteiger partial charge in [-0.1, -0.05) is 6.07 Å². The number of hydrogen-bond acceptors (Lipinski definition) is 5. The second-order valence-electron chi connectivity index (χ2n) is 7.38. The number of hydrogen-bond donors (Lipinski definition) is 1. The minimum atomic E-state index is -3.64. The van der Waals surface area contributed by atoms with Crippen molar-refractivity contribution in [2.75, 3.05) is 20.2 Å². The Hall–Kier alpha value is -2.19. The van der Waals surface area contributed by atoms with Crippen LogP contribution < -0.4 is 10.3 Å². The van der Waals surface area contributed by atoms with Gasteiger partial charge in [-0.2, -0.15) is 4.31 Å². The van der Waals surface area contributed by atoms with Crippen LogP contribution in [0, 0.1) is 6.92 Å². The number of H-pyrrole nitrogens is 1. The molecular formula is C19H23N3O4S. The molecule has 144 valence electrons. The van der Waals surface area contributed by atoms with E-state index in [1.54, 1.807) is 35.5 Å². The van der Waals surface area contributed by atoms with Crippen molar-refractivity contribution in [2.45, 2.75) is 42.9 Å². The molecular weight excluding hydrogens is 366 g/mol. The quantitative estimate of drug-likeness (QED) is 0.863. The number of methoxy groups -OCH3 is 1. The van der Waals surface area contributed by atoms with Gasteiger partial charge in [-0.05, 0) is 44.7 Å². The SMILES string of the molecule is COc1cccc(S(=O)(=O)N2CCCC3(CCc4c3nc(C)[nH]c4=O)C2)c1. The minimum Gasteiger partial charge on any atom is -0.497 e. The molecule has 0 amide bonds. The van der Waals surface area contributed by atoms with Crippen LogP contribution in [0.25, 0.3) is 0 Å². The second kappa shape index (κ2) is 6.45. The molecule has 8 heteroatoms. The number of piperidine rings is 1. The van der Waals surface area contributed by atoms with Gasteiger partial charge in [0.1, 0.15) is 11.6 Å². The molecule has 1 saturated heterocycles. The van der Waals surface area contributed by atoms with Gasteiger partial charge in [0.2, 0.25) is 10.0 Å². The van der Waals surface area contributed by atoms with Gasteiger partial charge in [0.05, 0.1) is 17.7 Å². The number of nitrogens with one attached hydrogen (secondary N) is 1. The average Bonchev–Trinajstić information content (AvgIpc) is 3.00. The molecule has 1 aliphatic carbocycles. The summed E-state index contributed by atoms with van der Waals surface area (Å²) < 4.78 is 33.2. The standard InChI is InChI=1S/C19H23N3O4S/c1-13-20-17-16(18(23)21-13)7-9-19(17)8-4-10-22(12-19)27(24,25)15-6-3-5-14(11-15)26-2/h3,5-6,11H,4,7-10,12H2,1-2H3,(H,20,21,23). The van der Waals surface area contributed by atoms with Gasteiger partial charge in [0.15, 0.2) is 0 Å². The summed E-state index contributed by atoms with van der Waals surface area (Å²) in [6.07, 6.45) is 2.99. The zero-order valence-electron chi connectivity index (χ0n) is 15.5. The van der Waals surface area contributed by atoms with Crippen LogP contribution in [0.1, 0.15) is 36.3 Å². The number of ether oxygens (including phenoxy) is 1. The molecule has 2 aliphatic rings. The Bertz CT molecular complexity index is 1050. The Kier molecular flexibility index (Phi) is 4.35. The number of rotatable bonds is 3. The van der Waals surface area contributed by atoms with Gasteiger partial charge in [0, 0.05) is 30.1 Å². The highest BCUT2D eigenvalue weighted by molar-refractivity contribution is 7.89. The van der Waals surface area contributed by atoms with E-state index in [0.717, 1.165) is 25.0 Å². The van der Waals surface area contributed by atoms with Gasteiger partial charge >= 0.3 is 0 Å². The van der Waals surface area contributed by atoms with Crippen LogP contribution in [0.2, 0.25) is 0 Å². The summed E-state index contributed by atoms with van der Waals surface area (Å²) in [5.41, 5.74) is 1.02. The number of sulfonamides is 1. The first-order valence-corrected chi connectivity index (χ1v) is 10.5. The molecule has 1 fully saturated rings. The molecule has 1 N–H and O–H groups in total. The lowest BCUT2D eigenvalue weighted by molar-refractivity contribution is 0.219. The molecule has 1 spiro atoms. The molecule has 0 saturated carbocycles. The molecule has 1 aliphatic heterocycles. The Morgan fingerprint density at radius 3 is 2.89 bits per heavy atom. The summed E-state index contributed by atoms with van der Waals surface area (Å²) in [6.45, 7) is 2.59. The molecule has 1 aromatic carbocycles. The van der Waals surface area contributed by atoms with E-state index >= 15 is 0 Å². The van der Waals surface area contributed by atoms with E-state index in [1.165, 1.54) is 7.11 Å². The molecule has 1 atom stereocenters. The van der Waals surface area contributed by atoms with Crippen molar-refractivity contribution in [1.29, 1.82) is 0 Å². The van der Waals surface area contributed by atoms with E-state index in [9.17, 15) is 13.2 Å². The summed E-state index contributed by atoms with van der Waals surface area (Å²) in [4.78, 5) is 19.9. The number of aromatic nitrogens is 2. The first-order chi connectivity index (χ1) is 12.9. The van der Waals surface area contributed by atoms with E-state index in [1.807, 2.05) is 0 Å². The third-order valence-electron chi connectivity index (χ3n) is 5.71. The van der Waals surface area contributed by atoms with Crippen molar-refractivity contribution in [1.82, 2.24) is 14.3 Å². The number of aryl methyl sites for hydroxylation is 1. The van der Waals surface area contributed by atoms with Crippen molar-refractivity contribution in [3.8, 4) is 5.75 Å². The predicted octanol–water partition coefficient (Wildman–Crippen LogP) is 1.76. The summed E-state index contributed by atoms with van der Waals surface area (Å²) in [5, 5.41) is 0. The van der Waals surface area contributed by atoms with Crippen LogP contribution in [0.3, 0.4) is 0 Å². The maximum Gasteiger partial charge on any atom is 0.254 e. The zero-order chi connectivity index (χ0) is 19.2. The van der Waals surface area contributed by atoms with Gasteiger partial charge in [-0.15, -0.1) is 0 Å². The van der Waals surface area contributed by atoms with Crippen molar-refractivity contribution < 1.29 is 13.2 Å². The summed E-state index contributed by atoms with van der Waals surface area (Å²) >= 11 is 0. The van der Waals surface area contributed by atoms with E-state index in [-0.39, 0.29) is 15.9 Å². The number of aromatic amines is 1. The topological polar surface area (TPSA) is 92.4 Å². The number of benzene rings is 1. The Labute approximate surface area is 158 Å². The fourth-order valence-electron chi connectivity index (χ4n) is 4.37. The fourth-order valence-corrected chi connectivity index (χ4v) is 5.97. The molecule has 4 rings (SSSR count). The lowest BCUT2D eigenvalue weighted by Gasteiger charge is -2.39. The molecule has 2 aromatic rings. The summed E-state index contributed by atoms with van der Waals surface area (Å²) in [7, 11) is -2.12. The van der Waals surface area contributed by atoms with Crippen LogP contribution in [0.5, 0.6) is 5.75 Å². The number of fused-ring (bicyclic) bond motifs is 2. The van der Waals surface area contributed by atoms with Crippen LogP contribution >= 0.6 is 0 Å². The van der Waals surface area contributed by atoms with E-state index in [4.69, 9.17) is 4.74 Å². The van der Waals surface area contributed by atoms with Gasteiger partial charge < -0.3 is 9.72 Å². The number of nitrogens with zero attached hydrogens (tertiary/aromatic N) is 2. The first kappa shape index (κ1) is 18.2. The highest BCUT2D eigenvalue weighted by atomic mass is 32.2. The highest BCUT2D eigenvalue weighted by Gasteiger charge is 2.47. The minimum absolute atomic E-state index is 0.0952. The summed E-state index contributed by atoms with van der Waals surface area (Å²) in [6, 6.07) is 6.55. The van der Waals surface area contributed by atoms with Crippen LogP contribution in [-0.4, -0.2) is 42.9 Å². The molecule has 0 radical (unpaired) electrons. The largest absolute Gasteiger partial charge is 0.497 e. The first-order valence-electron chi connectivity index (χ1n) is 9.10. The molecule has 1 unspecified atom stereocenters. The second-order valence-corrected chi connectivity index (χ2v) is 9.32. The van der Waals surface area contributed by atoms with Gasteiger partial charge in [-0.3, -0.25) is 4.79 Å². The normalized spacial score (nSPS) is 22.7. The van der Waals surface area contributed by atoms with Crippen molar-refractivity contribution in [3.05, 3.63) is 51.7 Å². The Morgan fingerprint density at radius 1 is 1.30 bits per heavy atom. The van der Waals surface area contributed by atoms with Crippen molar-refractivity contribution in [2.24, 2.45) is 0 Å². The fraction of sp³-hybridized carbons (Fsp3) is 0.474. The maximum atomic E-state index is 13.2. The van der Waals surface area contributed by atoms with Crippen molar-refractivity contribution >= 4 is 10.0 Å². The molecule has 27 heavy (non-hydrogen) atoms. The van der Waals surface area contributed by atoms with E-state index < -0.39 is 10.0 Å². The van der Waals surface area contributed by atoms with Gasteiger partial charge in [-0.25, -0.2) is 13.4 Å². The third kappa shape index (κ3) is 2.96. The summed E-state index contributed by atoms with van der Waals surface area (Å²) in [5.74, 6) is 1.09. The van der Waals surface area contributed by atoms with Crippen molar-refractivity contribution in [3.63, 3.8) is 0 Å². The predicted molar refractivity (Wildman–Crippen MR) is 101 cm³/mol. The highest BCUT2D eigenvalue weighted by Crippen LogP contribution is 2.44. The zero-order valence-corrected chi connectivity index (χ0v) is 16.3. The Balaban J connectivity index is 1.72. The van der Waals surface area contributed by atoms with Crippen LogP contribution in [-0.2, 0) is 21.9 Å². The molecule has 1 aromatic heterocycles. The van der Waals surface area contributed by atoms with E-state index in [0.29, 0.717) is 36.6 Å². The smallest absolute Gasteiger partial charge is 0.254 e. The van der Waals surface area contributed by atoms with Gasteiger partial charge in [0.25, 0.3) is 5.56 Å². The Morgan fingerprint density at radius 2 is 2.11 bits per heavy atom. The van der Waals surface area contributed by atoms with E-state index in [2.05, 4.69) is 9.97 Å². The molecule has 0 bridgehead atoms. The van der Waals surface area contributed by atoms with Crippen LogP contribution in [0.4, 0.5) is 0 Å². The lowest BCUT2D eigenvalue weighted by Crippen LogP contribution is -2.48. The monoisotopic (exact) mass is 389 g/mol. The molecule has 7 nitrogen and oxygen atoms in total. The van der Waals surface area contributed by atoms with Crippen LogP contribution in [0.15, 0.2) is 34.0 Å².